The molecule has 1 aromatic heterocycles. The molecular formula is C19H17ClNO3-. The van der Waals surface area contributed by atoms with E-state index in [2.05, 4.69) is 4.57 Å². The molecule has 0 bridgehead atoms. The number of hydrogen-bond donors (Lipinski definition) is 0. The standard InChI is InChI=1S/C19H18ClNO3/c1-12-16(10-19(22)23)17-9-15(24-2)7-8-18(17)21(12)11-13-3-5-14(20)6-4-13/h3-9H,10-11H2,1-2H3,(H,22,23)/p-1. The number of carbonyl (C=O) groups is 1. The number of ether oxygens (including phenoxy) is 1. The third-order valence-electron chi connectivity index (χ3n) is 4.24. The van der Waals surface area contributed by atoms with Crippen LogP contribution in [0.3, 0.4) is 0 Å². The van der Waals surface area contributed by atoms with Crippen LogP contribution in [0, 0.1) is 6.92 Å². The molecule has 0 fully saturated rings. The summed E-state index contributed by atoms with van der Waals surface area (Å²) in [5, 5.41) is 12.7. The van der Waals surface area contributed by atoms with Gasteiger partial charge in [0.05, 0.1) is 7.11 Å². The number of methoxy groups -OCH3 is 1. The Labute approximate surface area is 145 Å². The molecule has 0 aliphatic heterocycles. The van der Waals surface area contributed by atoms with Crippen molar-refractivity contribution < 1.29 is 14.6 Å². The van der Waals surface area contributed by atoms with Crippen LogP contribution in [0.1, 0.15) is 16.8 Å². The van der Waals surface area contributed by atoms with Gasteiger partial charge in [-0.3, -0.25) is 0 Å². The first-order chi connectivity index (χ1) is 11.5. The largest absolute Gasteiger partial charge is 0.550 e. The molecule has 24 heavy (non-hydrogen) atoms. The number of benzene rings is 2. The number of halogens is 1. The highest BCUT2D eigenvalue weighted by atomic mass is 35.5. The molecule has 5 heteroatoms. The van der Waals surface area contributed by atoms with Crippen molar-refractivity contribution in [2.75, 3.05) is 7.11 Å². The first-order valence-corrected chi connectivity index (χ1v) is 7.97. The number of nitrogens with zero attached hydrogens (tertiary/aromatic N) is 1. The van der Waals surface area contributed by atoms with Gasteiger partial charge in [-0.25, -0.2) is 0 Å². The molecule has 0 aliphatic carbocycles. The summed E-state index contributed by atoms with van der Waals surface area (Å²) in [6.07, 6.45) is -0.122. The average molecular weight is 343 g/mol. The van der Waals surface area contributed by atoms with Crippen LogP contribution in [0.15, 0.2) is 42.5 Å². The van der Waals surface area contributed by atoms with Gasteiger partial charge in [-0.1, -0.05) is 23.7 Å². The SMILES string of the molecule is COc1ccc2c(c1)c(CC(=O)[O-])c(C)n2Cc1ccc(Cl)cc1. The molecule has 3 rings (SSSR count). The van der Waals surface area contributed by atoms with Gasteiger partial charge in [0, 0.05) is 40.6 Å². The second kappa shape index (κ2) is 6.57. The summed E-state index contributed by atoms with van der Waals surface area (Å²) in [7, 11) is 1.59. The Morgan fingerprint density at radius 1 is 1.21 bits per heavy atom. The van der Waals surface area contributed by atoms with Crippen molar-refractivity contribution >= 4 is 28.5 Å². The van der Waals surface area contributed by atoms with Crippen LogP contribution in [0.25, 0.3) is 10.9 Å². The number of carboxylic acids is 1. The fraction of sp³-hybridized carbons (Fsp3) is 0.211. The first-order valence-electron chi connectivity index (χ1n) is 7.59. The number of rotatable bonds is 5. The summed E-state index contributed by atoms with van der Waals surface area (Å²) in [5.74, 6) is -0.391. The van der Waals surface area contributed by atoms with Gasteiger partial charge in [0.2, 0.25) is 0 Å². The van der Waals surface area contributed by atoms with Gasteiger partial charge in [-0.2, -0.15) is 0 Å². The summed E-state index contributed by atoms with van der Waals surface area (Å²) < 4.78 is 7.38. The molecule has 0 saturated carbocycles. The summed E-state index contributed by atoms with van der Waals surface area (Å²) >= 11 is 5.94. The van der Waals surface area contributed by atoms with Gasteiger partial charge < -0.3 is 19.2 Å². The van der Waals surface area contributed by atoms with E-state index in [9.17, 15) is 9.90 Å². The Morgan fingerprint density at radius 2 is 1.92 bits per heavy atom. The molecule has 0 N–H and O–H groups in total. The number of hydrogen-bond acceptors (Lipinski definition) is 3. The Kier molecular flexibility index (Phi) is 4.49. The summed E-state index contributed by atoms with van der Waals surface area (Å²) in [6, 6.07) is 13.3. The molecule has 0 saturated heterocycles. The molecule has 0 aliphatic rings. The van der Waals surface area contributed by atoms with Crippen molar-refractivity contribution in [3.63, 3.8) is 0 Å². The number of aromatic nitrogens is 1. The maximum Gasteiger partial charge on any atom is 0.119 e. The van der Waals surface area contributed by atoms with Gasteiger partial charge >= 0.3 is 0 Å². The van der Waals surface area contributed by atoms with E-state index in [-0.39, 0.29) is 6.42 Å². The third-order valence-corrected chi connectivity index (χ3v) is 4.49. The van der Waals surface area contributed by atoms with Crippen LogP contribution < -0.4 is 9.84 Å². The lowest BCUT2D eigenvalue weighted by Crippen LogP contribution is -2.24. The van der Waals surface area contributed by atoms with Crippen molar-refractivity contribution in [1.29, 1.82) is 0 Å². The zero-order chi connectivity index (χ0) is 17.3. The Morgan fingerprint density at radius 3 is 2.54 bits per heavy atom. The minimum Gasteiger partial charge on any atom is -0.550 e. The van der Waals surface area contributed by atoms with Crippen molar-refractivity contribution in [3.8, 4) is 5.75 Å². The topological polar surface area (TPSA) is 54.3 Å². The number of fused-ring (bicyclic) bond motifs is 1. The average Bonchev–Trinajstić information content (AvgIpc) is 2.81. The summed E-state index contributed by atoms with van der Waals surface area (Å²) in [6.45, 7) is 2.57. The predicted molar refractivity (Wildman–Crippen MR) is 92.5 cm³/mol. The molecule has 0 amide bonds. The summed E-state index contributed by atoms with van der Waals surface area (Å²) in [4.78, 5) is 11.2. The fourth-order valence-electron chi connectivity index (χ4n) is 3.00. The quantitative estimate of drug-likeness (QED) is 0.716. The Balaban J connectivity index is 2.14. The smallest absolute Gasteiger partial charge is 0.119 e. The van der Waals surface area contributed by atoms with Crippen LogP contribution >= 0.6 is 11.6 Å². The van der Waals surface area contributed by atoms with Gasteiger partial charge in [0.15, 0.2) is 0 Å². The van der Waals surface area contributed by atoms with Crippen LogP contribution in [-0.4, -0.2) is 17.6 Å². The van der Waals surface area contributed by atoms with Crippen molar-refractivity contribution in [2.24, 2.45) is 0 Å². The zero-order valence-corrected chi connectivity index (χ0v) is 14.3. The summed E-state index contributed by atoms with van der Waals surface area (Å²) in [5.41, 5.74) is 3.74. The molecule has 2 aromatic carbocycles. The maximum atomic E-state index is 11.2. The van der Waals surface area contributed by atoms with Crippen molar-refractivity contribution in [2.45, 2.75) is 19.9 Å². The predicted octanol–water partition coefficient (Wildman–Crippen LogP) is 2.95. The second-order valence-corrected chi connectivity index (χ2v) is 6.14. The highest BCUT2D eigenvalue weighted by Gasteiger charge is 2.15. The van der Waals surface area contributed by atoms with Crippen LogP contribution in [0.2, 0.25) is 5.02 Å². The van der Waals surface area contributed by atoms with Gasteiger partial charge in [0.1, 0.15) is 5.75 Å². The fourth-order valence-corrected chi connectivity index (χ4v) is 3.13. The molecule has 124 valence electrons. The van der Waals surface area contributed by atoms with E-state index in [1.807, 2.05) is 49.4 Å². The molecule has 0 atom stereocenters. The third kappa shape index (κ3) is 3.10. The number of carbonyl (C=O) groups excluding carboxylic acids is 1. The van der Waals surface area contributed by atoms with E-state index in [1.54, 1.807) is 7.11 Å². The minimum atomic E-state index is -1.09. The van der Waals surface area contributed by atoms with E-state index < -0.39 is 5.97 Å². The lowest BCUT2D eigenvalue weighted by atomic mass is 10.1. The molecule has 0 spiro atoms. The van der Waals surface area contributed by atoms with E-state index in [0.717, 1.165) is 27.7 Å². The second-order valence-electron chi connectivity index (χ2n) is 5.71. The minimum absolute atomic E-state index is 0.122. The van der Waals surface area contributed by atoms with E-state index >= 15 is 0 Å². The van der Waals surface area contributed by atoms with Crippen LogP contribution in [-0.2, 0) is 17.8 Å². The number of carboxylic acid groups (broad SMARTS) is 1. The highest BCUT2D eigenvalue weighted by molar-refractivity contribution is 6.30. The van der Waals surface area contributed by atoms with E-state index in [0.29, 0.717) is 17.3 Å². The zero-order valence-electron chi connectivity index (χ0n) is 13.5. The van der Waals surface area contributed by atoms with E-state index in [1.165, 1.54) is 0 Å². The first kappa shape index (κ1) is 16.4. The van der Waals surface area contributed by atoms with E-state index in [4.69, 9.17) is 16.3 Å². The lowest BCUT2D eigenvalue weighted by Gasteiger charge is -2.10. The molecule has 0 radical (unpaired) electrons. The molecule has 0 unspecified atom stereocenters. The van der Waals surface area contributed by atoms with Crippen LogP contribution in [0.4, 0.5) is 0 Å². The normalized spacial score (nSPS) is 11.0. The highest BCUT2D eigenvalue weighted by Crippen LogP contribution is 2.30. The maximum absolute atomic E-state index is 11.2. The molecule has 1 heterocycles. The Hall–Kier alpha value is -2.46. The molecule has 3 aromatic rings. The van der Waals surface area contributed by atoms with Gasteiger partial charge in [0.25, 0.3) is 0 Å². The van der Waals surface area contributed by atoms with Gasteiger partial charge in [-0.15, -0.1) is 0 Å². The monoisotopic (exact) mass is 342 g/mol. The molecular weight excluding hydrogens is 326 g/mol. The van der Waals surface area contributed by atoms with Crippen molar-refractivity contribution in [3.05, 3.63) is 64.3 Å². The van der Waals surface area contributed by atoms with Crippen molar-refractivity contribution in [1.82, 2.24) is 4.57 Å². The lowest BCUT2D eigenvalue weighted by molar-refractivity contribution is -0.304. The number of aliphatic carboxylic acids is 1. The van der Waals surface area contributed by atoms with Gasteiger partial charge in [-0.05, 0) is 48.4 Å². The molecule has 4 nitrogen and oxygen atoms in total. The Bertz CT molecular complexity index is 897. The van der Waals surface area contributed by atoms with Crippen LogP contribution in [0.5, 0.6) is 5.75 Å².